The average molecular weight is 273 g/mol. The molecule has 1 aromatic rings. The van der Waals surface area contributed by atoms with Gasteiger partial charge in [-0.25, -0.2) is 0 Å². The number of nitrogens with one attached hydrogen (secondary N) is 2. The topological polar surface area (TPSA) is 41.1 Å². The fraction of sp³-hybridized carbons (Fsp3) is 0.417. The highest BCUT2D eigenvalue weighted by atomic mass is 35.5. The standard InChI is InChI=1S/C12H17ClN2OS/c1-17-7-3-6-14-9-12(16)15-11-5-2-4-10(13)8-11/h2,4-5,8,14H,3,6-7,9H2,1H3,(H,15,16). The van der Waals surface area contributed by atoms with Crippen molar-refractivity contribution in [2.45, 2.75) is 6.42 Å². The van der Waals surface area contributed by atoms with Crippen molar-refractivity contribution >= 4 is 35.0 Å². The first-order chi connectivity index (χ1) is 8.22. The molecule has 0 bridgehead atoms. The van der Waals surface area contributed by atoms with Crippen LogP contribution in [0.25, 0.3) is 0 Å². The third-order valence-corrected chi connectivity index (χ3v) is 3.03. The number of thioether (sulfide) groups is 1. The van der Waals surface area contributed by atoms with Crippen LogP contribution in [-0.2, 0) is 4.79 Å². The summed E-state index contributed by atoms with van der Waals surface area (Å²) in [5.74, 6) is 1.07. The molecule has 5 heteroatoms. The predicted octanol–water partition coefficient (Wildman–Crippen LogP) is 2.62. The first kappa shape index (κ1) is 14.4. The predicted molar refractivity (Wildman–Crippen MR) is 76.0 cm³/mol. The van der Waals surface area contributed by atoms with E-state index in [1.165, 1.54) is 0 Å². The highest BCUT2D eigenvalue weighted by molar-refractivity contribution is 7.98. The molecule has 0 aliphatic rings. The third kappa shape index (κ3) is 6.56. The summed E-state index contributed by atoms with van der Waals surface area (Å²) in [5, 5.41) is 6.50. The minimum absolute atomic E-state index is 0.0450. The first-order valence-corrected chi connectivity index (χ1v) is 7.24. The van der Waals surface area contributed by atoms with Crippen molar-refractivity contribution in [3.05, 3.63) is 29.3 Å². The highest BCUT2D eigenvalue weighted by Gasteiger charge is 2.01. The van der Waals surface area contributed by atoms with E-state index >= 15 is 0 Å². The highest BCUT2D eigenvalue weighted by Crippen LogP contribution is 2.14. The zero-order valence-electron chi connectivity index (χ0n) is 9.83. The van der Waals surface area contributed by atoms with E-state index in [4.69, 9.17) is 11.6 Å². The maximum Gasteiger partial charge on any atom is 0.238 e. The van der Waals surface area contributed by atoms with E-state index in [9.17, 15) is 4.79 Å². The molecule has 0 spiro atoms. The van der Waals surface area contributed by atoms with E-state index in [1.54, 1.807) is 12.1 Å². The summed E-state index contributed by atoms with van der Waals surface area (Å²) in [6.45, 7) is 1.20. The monoisotopic (exact) mass is 272 g/mol. The van der Waals surface area contributed by atoms with Crippen LogP contribution in [-0.4, -0.2) is 31.0 Å². The van der Waals surface area contributed by atoms with Gasteiger partial charge in [0.05, 0.1) is 6.54 Å². The Balaban J connectivity index is 2.21. The summed E-state index contributed by atoms with van der Waals surface area (Å²) in [6, 6.07) is 7.13. The maximum atomic E-state index is 11.5. The third-order valence-electron chi connectivity index (χ3n) is 2.10. The Morgan fingerprint density at radius 1 is 1.47 bits per heavy atom. The van der Waals surface area contributed by atoms with Crippen LogP contribution in [0.3, 0.4) is 0 Å². The zero-order valence-corrected chi connectivity index (χ0v) is 11.4. The van der Waals surface area contributed by atoms with Crippen LogP contribution in [0.2, 0.25) is 5.02 Å². The smallest absolute Gasteiger partial charge is 0.238 e. The maximum absolute atomic E-state index is 11.5. The molecule has 2 N–H and O–H groups in total. The van der Waals surface area contributed by atoms with Gasteiger partial charge in [-0.1, -0.05) is 17.7 Å². The van der Waals surface area contributed by atoms with E-state index in [2.05, 4.69) is 16.9 Å². The number of carbonyl (C=O) groups is 1. The summed E-state index contributed by atoms with van der Waals surface area (Å²) in [4.78, 5) is 11.5. The molecule has 0 atom stereocenters. The number of carbonyl (C=O) groups excluding carboxylic acids is 1. The Hall–Kier alpha value is -0.710. The van der Waals surface area contributed by atoms with Gasteiger partial charge in [-0.15, -0.1) is 0 Å². The van der Waals surface area contributed by atoms with E-state index < -0.39 is 0 Å². The van der Waals surface area contributed by atoms with Gasteiger partial charge < -0.3 is 10.6 Å². The molecular weight excluding hydrogens is 256 g/mol. The lowest BCUT2D eigenvalue weighted by atomic mass is 10.3. The molecule has 0 saturated heterocycles. The van der Waals surface area contributed by atoms with Crippen molar-refractivity contribution in [1.29, 1.82) is 0 Å². The molecule has 0 radical (unpaired) electrons. The van der Waals surface area contributed by atoms with E-state index in [-0.39, 0.29) is 5.91 Å². The summed E-state index contributed by atoms with van der Waals surface area (Å²) in [7, 11) is 0. The van der Waals surface area contributed by atoms with Gasteiger partial charge in [0.1, 0.15) is 0 Å². The molecule has 1 aromatic carbocycles. The van der Waals surface area contributed by atoms with Gasteiger partial charge in [0.2, 0.25) is 5.91 Å². The Morgan fingerprint density at radius 2 is 2.29 bits per heavy atom. The van der Waals surface area contributed by atoms with Crippen LogP contribution in [0, 0.1) is 0 Å². The summed E-state index contributed by atoms with van der Waals surface area (Å²) in [6.07, 6.45) is 3.15. The molecule has 0 fully saturated rings. The molecule has 17 heavy (non-hydrogen) atoms. The fourth-order valence-electron chi connectivity index (χ4n) is 1.31. The molecule has 3 nitrogen and oxygen atoms in total. The Morgan fingerprint density at radius 3 is 3.00 bits per heavy atom. The summed E-state index contributed by atoms with van der Waals surface area (Å²) >= 11 is 7.63. The molecule has 0 unspecified atom stereocenters. The Kier molecular flexibility index (Phi) is 7.08. The van der Waals surface area contributed by atoms with Crippen molar-refractivity contribution in [2.24, 2.45) is 0 Å². The molecule has 0 aliphatic carbocycles. The lowest BCUT2D eigenvalue weighted by Crippen LogP contribution is -2.28. The number of amides is 1. The Bertz CT molecular complexity index is 360. The van der Waals surface area contributed by atoms with Crippen LogP contribution in [0.4, 0.5) is 5.69 Å². The first-order valence-electron chi connectivity index (χ1n) is 5.47. The summed E-state index contributed by atoms with van der Waals surface area (Å²) < 4.78 is 0. The molecule has 1 rings (SSSR count). The van der Waals surface area contributed by atoms with Crippen molar-refractivity contribution < 1.29 is 4.79 Å². The van der Waals surface area contributed by atoms with Gasteiger partial charge >= 0.3 is 0 Å². The molecule has 1 amide bonds. The molecule has 0 aromatic heterocycles. The van der Waals surface area contributed by atoms with Gasteiger partial charge in [0.15, 0.2) is 0 Å². The second kappa shape index (κ2) is 8.39. The fourth-order valence-corrected chi connectivity index (χ4v) is 1.94. The van der Waals surface area contributed by atoms with E-state index in [0.717, 1.165) is 24.4 Å². The number of benzene rings is 1. The Labute approximate surface area is 111 Å². The second-order valence-electron chi connectivity index (χ2n) is 3.58. The number of rotatable bonds is 7. The van der Waals surface area contributed by atoms with Crippen LogP contribution >= 0.6 is 23.4 Å². The van der Waals surface area contributed by atoms with Crippen molar-refractivity contribution in [2.75, 3.05) is 30.4 Å². The minimum Gasteiger partial charge on any atom is -0.325 e. The van der Waals surface area contributed by atoms with Crippen molar-refractivity contribution in [3.63, 3.8) is 0 Å². The number of anilines is 1. The minimum atomic E-state index is -0.0450. The van der Waals surface area contributed by atoms with Crippen molar-refractivity contribution in [1.82, 2.24) is 5.32 Å². The molecule has 0 heterocycles. The zero-order chi connectivity index (χ0) is 12.5. The quantitative estimate of drug-likeness (QED) is 0.750. The lowest BCUT2D eigenvalue weighted by Gasteiger charge is -2.06. The van der Waals surface area contributed by atoms with Gasteiger partial charge in [-0.3, -0.25) is 4.79 Å². The lowest BCUT2D eigenvalue weighted by molar-refractivity contribution is -0.115. The van der Waals surface area contributed by atoms with Gasteiger partial charge in [0, 0.05) is 10.7 Å². The van der Waals surface area contributed by atoms with E-state index in [0.29, 0.717) is 11.6 Å². The molecule has 0 aliphatic heterocycles. The van der Waals surface area contributed by atoms with Crippen molar-refractivity contribution in [3.8, 4) is 0 Å². The average Bonchev–Trinajstić information content (AvgIpc) is 2.29. The largest absolute Gasteiger partial charge is 0.325 e. The molecule has 0 saturated carbocycles. The number of halogens is 1. The SMILES string of the molecule is CSCCCNCC(=O)Nc1cccc(Cl)c1. The van der Waals surface area contributed by atoms with Crippen LogP contribution in [0.15, 0.2) is 24.3 Å². The van der Waals surface area contributed by atoms with Crippen LogP contribution < -0.4 is 10.6 Å². The van der Waals surface area contributed by atoms with Crippen LogP contribution in [0.1, 0.15) is 6.42 Å². The summed E-state index contributed by atoms with van der Waals surface area (Å²) in [5.41, 5.74) is 0.730. The van der Waals surface area contributed by atoms with Gasteiger partial charge in [-0.05, 0) is 43.2 Å². The molecule has 94 valence electrons. The van der Waals surface area contributed by atoms with Gasteiger partial charge in [-0.2, -0.15) is 11.8 Å². The second-order valence-corrected chi connectivity index (χ2v) is 5.00. The molecular formula is C12H17ClN2OS. The number of hydrogen-bond donors (Lipinski definition) is 2. The van der Waals surface area contributed by atoms with Crippen LogP contribution in [0.5, 0.6) is 0 Å². The van der Waals surface area contributed by atoms with E-state index in [1.807, 2.05) is 23.9 Å². The normalized spacial score (nSPS) is 10.2. The number of hydrogen-bond acceptors (Lipinski definition) is 3. The van der Waals surface area contributed by atoms with Gasteiger partial charge in [0.25, 0.3) is 0 Å².